The maximum atomic E-state index is 13.5. The van der Waals surface area contributed by atoms with Crippen LogP contribution in [-0.2, 0) is 4.79 Å². The molecule has 3 N–H and O–H groups in total. The molecule has 1 saturated heterocycles. The zero-order valence-electron chi connectivity index (χ0n) is 17.2. The first-order chi connectivity index (χ1) is 13.7. The lowest BCUT2D eigenvalue weighted by molar-refractivity contribution is -0.121. The van der Waals surface area contributed by atoms with Crippen molar-refractivity contribution in [2.75, 3.05) is 19.6 Å². The van der Waals surface area contributed by atoms with Crippen molar-refractivity contribution in [2.45, 2.75) is 45.2 Å². The number of allylic oxidation sites excluding steroid dienone is 1. The second-order valence-corrected chi connectivity index (χ2v) is 9.35. The number of carbonyl (C=O) groups excluding carboxylic acids is 2. The normalized spacial score (nSPS) is 24.6. The molecule has 1 aromatic rings. The quantitative estimate of drug-likeness (QED) is 0.819. The van der Waals surface area contributed by atoms with Gasteiger partial charge in [-0.15, -0.1) is 0 Å². The Morgan fingerprint density at radius 3 is 2.34 bits per heavy atom. The van der Waals surface area contributed by atoms with E-state index in [-0.39, 0.29) is 23.4 Å². The number of fused-ring (bicyclic) bond motifs is 1. The minimum atomic E-state index is -0.513. The lowest BCUT2D eigenvalue weighted by Gasteiger charge is -2.42. The number of nitrogens with one attached hydrogen (secondary N) is 1. The summed E-state index contributed by atoms with van der Waals surface area (Å²) in [6.45, 7) is 7.54. The van der Waals surface area contributed by atoms with Gasteiger partial charge in [0, 0.05) is 30.9 Å². The zero-order chi connectivity index (χ0) is 20.9. The Labute approximate surface area is 170 Å². The Balaban J connectivity index is 1.67. The van der Waals surface area contributed by atoms with Crippen LogP contribution in [0.1, 0.15) is 39.2 Å². The predicted molar refractivity (Wildman–Crippen MR) is 109 cm³/mol. The number of rotatable bonds is 3. The van der Waals surface area contributed by atoms with Crippen molar-refractivity contribution < 1.29 is 14.0 Å². The van der Waals surface area contributed by atoms with E-state index in [1.807, 2.05) is 20.8 Å². The summed E-state index contributed by atoms with van der Waals surface area (Å²) in [7, 11) is 0. The van der Waals surface area contributed by atoms with Gasteiger partial charge >= 0.3 is 6.03 Å². The van der Waals surface area contributed by atoms with Crippen LogP contribution in [-0.4, -0.2) is 53.0 Å². The number of piperazine rings is 1. The van der Waals surface area contributed by atoms with Crippen LogP contribution in [0, 0.1) is 17.7 Å². The maximum absolute atomic E-state index is 13.5. The fourth-order valence-corrected chi connectivity index (χ4v) is 4.59. The van der Waals surface area contributed by atoms with E-state index in [4.69, 9.17) is 5.73 Å². The van der Waals surface area contributed by atoms with Crippen LogP contribution >= 0.6 is 0 Å². The summed E-state index contributed by atoms with van der Waals surface area (Å²) < 4.78 is 13.5. The summed E-state index contributed by atoms with van der Waals surface area (Å²) in [5.74, 6) is -0.801. The molecule has 0 spiro atoms. The topological polar surface area (TPSA) is 78.7 Å². The number of benzene rings is 1. The number of nitrogens with zero attached hydrogens (tertiary/aromatic N) is 2. The number of hydrogen-bond acceptors (Lipinski definition) is 3. The molecule has 1 aliphatic carbocycles. The highest BCUT2D eigenvalue weighted by atomic mass is 19.1. The van der Waals surface area contributed by atoms with Crippen LogP contribution in [0.25, 0.3) is 5.57 Å². The Hall–Kier alpha value is -2.57. The Morgan fingerprint density at radius 1 is 1.14 bits per heavy atom. The lowest BCUT2D eigenvalue weighted by Crippen LogP contribution is -2.59. The highest BCUT2D eigenvalue weighted by Crippen LogP contribution is 2.51. The molecule has 2 heterocycles. The maximum Gasteiger partial charge on any atom is 0.317 e. The SMILES string of the molecule is CC(C)(C)NC(=O)N1CCN2C(C3CC3)=C(c3ccc(F)cc3)C(C(N)=O)C2C1. The molecule has 2 atom stereocenters. The molecule has 7 heteroatoms. The third-order valence-electron chi connectivity index (χ3n) is 5.89. The number of primary amides is 1. The molecule has 0 aromatic heterocycles. The van der Waals surface area contributed by atoms with Crippen molar-refractivity contribution in [3.63, 3.8) is 0 Å². The van der Waals surface area contributed by atoms with Gasteiger partial charge in [-0.1, -0.05) is 12.1 Å². The van der Waals surface area contributed by atoms with E-state index in [0.717, 1.165) is 24.0 Å². The van der Waals surface area contributed by atoms with Gasteiger partial charge in [-0.3, -0.25) is 4.79 Å². The van der Waals surface area contributed by atoms with Gasteiger partial charge in [0.1, 0.15) is 5.82 Å². The van der Waals surface area contributed by atoms with Gasteiger partial charge < -0.3 is 20.9 Å². The first-order valence-electron chi connectivity index (χ1n) is 10.3. The van der Waals surface area contributed by atoms with Crippen molar-refractivity contribution in [3.8, 4) is 0 Å². The van der Waals surface area contributed by atoms with Crippen molar-refractivity contribution in [2.24, 2.45) is 17.6 Å². The van der Waals surface area contributed by atoms with Crippen molar-refractivity contribution >= 4 is 17.5 Å². The Bertz CT molecular complexity index is 855. The molecule has 6 nitrogen and oxygen atoms in total. The van der Waals surface area contributed by atoms with E-state index in [1.54, 1.807) is 17.0 Å². The van der Waals surface area contributed by atoms with E-state index in [1.165, 1.54) is 17.8 Å². The van der Waals surface area contributed by atoms with Crippen LogP contribution < -0.4 is 11.1 Å². The van der Waals surface area contributed by atoms with Gasteiger partial charge in [-0.2, -0.15) is 0 Å². The highest BCUT2D eigenvalue weighted by molar-refractivity contribution is 5.94. The molecular formula is C22H29FN4O2. The Morgan fingerprint density at radius 2 is 1.79 bits per heavy atom. The molecule has 0 bridgehead atoms. The number of hydrogen-bond donors (Lipinski definition) is 2. The minimum absolute atomic E-state index is 0.122. The molecule has 3 amide bonds. The van der Waals surface area contributed by atoms with Crippen LogP contribution in [0.4, 0.5) is 9.18 Å². The number of nitrogens with two attached hydrogens (primary N) is 1. The van der Waals surface area contributed by atoms with E-state index >= 15 is 0 Å². The summed E-state index contributed by atoms with van der Waals surface area (Å²) in [5.41, 5.74) is 8.48. The molecule has 0 radical (unpaired) electrons. The summed E-state index contributed by atoms with van der Waals surface area (Å²) in [6.07, 6.45) is 2.17. The minimum Gasteiger partial charge on any atom is -0.369 e. The fraction of sp³-hybridized carbons (Fsp3) is 0.545. The predicted octanol–water partition coefficient (Wildman–Crippen LogP) is 2.56. The second-order valence-electron chi connectivity index (χ2n) is 9.35. The summed E-state index contributed by atoms with van der Waals surface area (Å²) in [4.78, 5) is 29.4. The molecule has 2 unspecified atom stereocenters. The average molecular weight is 400 g/mol. The number of amides is 3. The lowest BCUT2D eigenvalue weighted by atomic mass is 9.87. The van der Waals surface area contributed by atoms with Gasteiger partial charge in [-0.05, 0) is 62.8 Å². The van der Waals surface area contributed by atoms with Crippen molar-refractivity contribution in [1.82, 2.24) is 15.1 Å². The molecule has 156 valence electrons. The molecule has 2 aliphatic heterocycles. The molecule has 1 saturated carbocycles. The summed E-state index contributed by atoms with van der Waals surface area (Å²) >= 11 is 0. The Kier molecular flexibility index (Phi) is 4.79. The third-order valence-corrected chi connectivity index (χ3v) is 5.89. The van der Waals surface area contributed by atoms with E-state index in [9.17, 15) is 14.0 Å². The van der Waals surface area contributed by atoms with Gasteiger partial charge in [0.05, 0.1) is 12.0 Å². The first kappa shape index (κ1) is 19.7. The van der Waals surface area contributed by atoms with Crippen LogP contribution in [0.5, 0.6) is 0 Å². The summed E-state index contributed by atoms with van der Waals surface area (Å²) in [6, 6.07) is 6.00. The van der Waals surface area contributed by atoms with Gasteiger partial charge in [0.15, 0.2) is 0 Å². The molecule has 29 heavy (non-hydrogen) atoms. The monoisotopic (exact) mass is 400 g/mol. The van der Waals surface area contributed by atoms with Gasteiger partial charge in [0.2, 0.25) is 5.91 Å². The highest BCUT2D eigenvalue weighted by Gasteiger charge is 2.50. The van der Waals surface area contributed by atoms with Gasteiger partial charge in [0.25, 0.3) is 0 Å². The standard InChI is InChI=1S/C22H29FN4O2/c1-22(2,3)25-21(29)26-10-11-27-16(12-26)18(20(24)28)17(19(27)14-4-5-14)13-6-8-15(23)9-7-13/h6-9,14,16,18H,4-5,10-12H2,1-3H3,(H2,24,28)(H,25,29). The smallest absolute Gasteiger partial charge is 0.317 e. The van der Waals surface area contributed by atoms with Crippen LogP contribution in [0.3, 0.4) is 0 Å². The average Bonchev–Trinajstić information content (AvgIpc) is 3.41. The molecule has 2 fully saturated rings. The fourth-order valence-electron chi connectivity index (χ4n) is 4.59. The third kappa shape index (κ3) is 3.82. The number of urea groups is 1. The van der Waals surface area contributed by atoms with Crippen molar-refractivity contribution in [1.29, 1.82) is 0 Å². The second kappa shape index (κ2) is 7.04. The zero-order valence-corrected chi connectivity index (χ0v) is 17.2. The van der Waals surface area contributed by atoms with Crippen LogP contribution in [0.15, 0.2) is 30.0 Å². The largest absolute Gasteiger partial charge is 0.369 e. The molecule has 1 aromatic carbocycles. The van der Waals surface area contributed by atoms with Crippen LogP contribution in [0.2, 0.25) is 0 Å². The summed E-state index contributed by atoms with van der Waals surface area (Å²) in [5, 5.41) is 3.01. The first-order valence-corrected chi connectivity index (χ1v) is 10.3. The van der Waals surface area contributed by atoms with E-state index in [2.05, 4.69) is 10.2 Å². The molecule has 3 aliphatic rings. The van der Waals surface area contributed by atoms with E-state index < -0.39 is 11.8 Å². The molecule has 4 rings (SSSR count). The van der Waals surface area contributed by atoms with E-state index in [0.29, 0.717) is 25.6 Å². The molecular weight excluding hydrogens is 371 g/mol. The van der Waals surface area contributed by atoms with Crippen molar-refractivity contribution in [3.05, 3.63) is 41.3 Å². The van der Waals surface area contributed by atoms with Gasteiger partial charge in [-0.25, -0.2) is 9.18 Å². The number of halogens is 1. The number of carbonyl (C=O) groups is 2.